The number of nitrogens with zero attached hydrogens (tertiary/aromatic N) is 1. The third-order valence-corrected chi connectivity index (χ3v) is 4.88. The molecule has 1 N–H and O–H groups in total. The van der Waals surface area contributed by atoms with Gasteiger partial charge in [-0.25, -0.2) is 0 Å². The average Bonchev–Trinajstić information content (AvgIpc) is 2.55. The second-order valence-electron chi connectivity index (χ2n) is 6.09. The molecule has 2 rings (SSSR count). The lowest BCUT2D eigenvalue weighted by Gasteiger charge is -2.43. The zero-order valence-corrected chi connectivity index (χ0v) is 14.6. The van der Waals surface area contributed by atoms with Crippen LogP contribution in [0.15, 0.2) is 18.2 Å². The van der Waals surface area contributed by atoms with E-state index in [9.17, 15) is 9.90 Å². The third-order valence-electron chi connectivity index (χ3n) is 4.65. The molecule has 1 saturated heterocycles. The van der Waals surface area contributed by atoms with Gasteiger partial charge in [-0.3, -0.25) is 4.79 Å². The van der Waals surface area contributed by atoms with Crippen molar-refractivity contribution >= 4 is 17.5 Å². The molecule has 0 spiro atoms. The Balaban J connectivity index is 2.11. The number of rotatable bonds is 5. The van der Waals surface area contributed by atoms with Crippen molar-refractivity contribution in [3.63, 3.8) is 0 Å². The summed E-state index contributed by atoms with van der Waals surface area (Å²) in [4.78, 5) is 14.5. The van der Waals surface area contributed by atoms with Crippen molar-refractivity contribution in [2.24, 2.45) is 5.92 Å². The largest absolute Gasteiger partial charge is 0.496 e. The molecule has 0 aliphatic carbocycles. The van der Waals surface area contributed by atoms with E-state index in [1.165, 1.54) is 7.11 Å². The van der Waals surface area contributed by atoms with Gasteiger partial charge < -0.3 is 19.5 Å². The Morgan fingerprint density at radius 1 is 1.48 bits per heavy atom. The van der Waals surface area contributed by atoms with E-state index < -0.39 is 5.60 Å². The minimum absolute atomic E-state index is 0.0198. The van der Waals surface area contributed by atoms with Gasteiger partial charge in [0, 0.05) is 37.7 Å². The van der Waals surface area contributed by atoms with Gasteiger partial charge in [0.25, 0.3) is 5.91 Å². The van der Waals surface area contributed by atoms with Crippen molar-refractivity contribution in [1.29, 1.82) is 0 Å². The molecule has 1 fully saturated rings. The van der Waals surface area contributed by atoms with Crippen LogP contribution in [0.5, 0.6) is 5.75 Å². The van der Waals surface area contributed by atoms with Gasteiger partial charge in [0.2, 0.25) is 0 Å². The second-order valence-corrected chi connectivity index (χ2v) is 6.53. The van der Waals surface area contributed by atoms with Crippen LogP contribution in [0, 0.1) is 5.92 Å². The maximum Gasteiger partial charge on any atom is 0.257 e. The van der Waals surface area contributed by atoms with E-state index in [0.717, 1.165) is 0 Å². The summed E-state index contributed by atoms with van der Waals surface area (Å²) in [6, 6.07) is 5.00. The summed E-state index contributed by atoms with van der Waals surface area (Å²) in [5.41, 5.74) is -0.289. The molecule has 0 bridgehead atoms. The summed E-state index contributed by atoms with van der Waals surface area (Å²) in [5, 5.41) is 11.2. The molecular weight excluding hydrogens is 318 g/mol. The number of piperidine rings is 1. The fourth-order valence-electron chi connectivity index (χ4n) is 3.01. The molecule has 1 heterocycles. The molecule has 5 nitrogen and oxygen atoms in total. The van der Waals surface area contributed by atoms with E-state index in [-0.39, 0.29) is 11.8 Å². The summed E-state index contributed by atoms with van der Waals surface area (Å²) >= 11 is 5.95. The Kier molecular flexibility index (Phi) is 5.89. The molecule has 0 radical (unpaired) electrons. The van der Waals surface area contributed by atoms with Crippen LogP contribution in [0.2, 0.25) is 5.02 Å². The average molecular weight is 342 g/mol. The van der Waals surface area contributed by atoms with E-state index in [1.54, 1.807) is 30.2 Å². The Morgan fingerprint density at radius 3 is 2.83 bits per heavy atom. The van der Waals surface area contributed by atoms with Gasteiger partial charge in [0.05, 0.1) is 18.3 Å². The van der Waals surface area contributed by atoms with E-state index in [2.05, 4.69) is 0 Å². The normalized spacial score (nSPS) is 24.6. The number of carbonyl (C=O) groups is 1. The van der Waals surface area contributed by atoms with E-state index in [0.29, 0.717) is 48.9 Å². The number of likely N-dealkylation sites (tertiary alicyclic amines) is 1. The molecule has 1 aliphatic rings. The second kappa shape index (κ2) is 7.51. The lowest BCUT2D eigenvalue weighted by molar-refractivity contribution is -0.0750. The van der Waals surface area contributed by atoms with Gasteiger partial charge in [0.15, 0.2) is 0 Å². The molecule has 1 aromatic carbocycles. The summed E-state index contributed by atoms with van der Waals surface area (Å²) in [6.45, 7) is 3.49. The highest BCUT2D eigenvalue weighted by Crippen LogP contribution is 2.33. The van der Waals surface area contributed by atoms with Gasteiger partial charge >= 0.3 is 0 Å². The van der Waals surface area contributed by atoms with Gasteiger partial charge in [0.1, 0.15) is 5.75 Å². The van der Waals surface area contributed by atoms with Crippen LogP contribution < -0.4 is 4.74 Å². The van der Waals surface area contributed by atoms with Crippen molar-refractivity contribution < 1.29 is 19.4 Å². The first-order chi connectivity index (χ1) is 10.9. The number of ether oxygens (including phenoxy) is 2. The minimum Gasteiger partial charge on any atom is -0.496 e. The Labute approximate surface area is 142 Å². The molecule has 23 heavy (non-hydrogen) atoms. The summed E-state index contributed by atoms with van der Waals surface area (Å²) in [7, 11) is 3.14. The van der Waals surface area contributed by atoms with Gasteiger partial charge in [-0.1, -0.05) is 18.5 Å². The maximum absolute atomic E-state index is 12.8. The van der Waals surface area contributed by atoms with Crippen molar-refractivity contribution in [1.82, 2.24) is 4.90 Å². The highest BCUT2D eigenvalue weighted by atomic mass is 35.5. The minimum atomic E-state index is -0.781. The van der Waals surface area contributed by atoms with Gasteiger partial charge in [-0.2, -0.15) is 0 Å². The lowest BCUT2D eigenvalue weighted by Crippen LogP contribution is -2.52. The zero-order valence-electron chi connectivity index (χ0n) is 13.8. The number of amides is 1. The van der Waals surface area contributed by atoms with Crippen molar-refractivity contribution in [2.75, 3.05) is 33.9 Å². The molecule has 2 atom stereocenters. The van der Waals surface area contributed by atoms with Crippen LogP contribution in [0.25, 0.3) is 0 Å². The third kappa shape index (κ3) is 3.97. The fraction of sp³-hybridized carbons (Fsp3) is 0.588. The molecule has 0 saturated carbocycles. The van der Waals surface area contributed by atoms with E-state index in [1.807, 2.05) is 6.92 Å². The van der Waals surface area contributed by atoms with Crippen LogP contribution in [0.4, 0.5) is 0 Å². The molecule has 128 valence electrons. The van der Waals surface area contributed by atoms with Crippen molar-refractivity contribution in [3.8, 4) is 5.75 Å². The van der Waals surface area contributed by atoms with Crippen LogP contribution >= 0.6 is 11.6 Å². The summed E-state index contributed by atoms with van der Waals surface area (Å²) in [6.07, 6.45) is 1.12. The number of hydrogen-bond acceptors (Lipinski definition) is 4. The maximum atomic E-state index is 12.8. The topological polar surface area (TPSA) is 59.0 Å². The van der Waals surface area contributed by atoms with Crippen molar-refractivity contribution in [2.45, 2.75) is 25.4 Å². The molecule has 1 amide bonds. The Bertz CT molecular complexity index is 566. The number of halogens is 1. The molecule has 6 heteroatoms. The monoisotopic (exact) mass is 341 g/mol. The number of carbonyl (C=O) groups excluding carboxylic acids is 1. The smallest absolute Gasteiger partial charge is 0.257 e. The first kappa shape index (κ1) is 18.0. The molecular formula is C17H24ClNO4. The highest BCUT2D eigenvalue weighted by Gasteiger charge is 2.40. The van der Waals surface area contributed by atoms with Gasteiger partial charge in [-0.05, 0) is 31.0 Å². The van der Waals surface area contributed by atoms with Crippen molar-refractivity contribution in [3.05, 3.63) is 28.8 Å². The first-order valence-corrected chi connectivity index (χ1v) is 8.13. The summed E-state index contributed by atoms with van der Waals surface area (Å²) in [5.74, 6) is 0.350. The number of hydrogen-bond donors (Lipinski definition) is 1. The van der Waals surface area contributed by atoms with Crippen LogP contribution in [0.3, 0.4) is 0 Å². The molecule has 1 aromatic rings. The quantitative estimate of drug-likeness (QED) is 0.894. The SMILES string of the molecule is COCC[C@@]1(O)CCN(C(=O)c2ccc(Cl)cc2OC)C[C@@H]1C. The molecule has 0 unspecified atom stereocenters. The fourth-order valence-corrected chi connectivity index (χ4v) is 3.18. The van der Waals surface area contributed by atoms with E-state index >= 15 is 0 Å². The standard InChI is InChI=1S/C17H24ClNO4/c1-12-11-19(8-6-17(12,21)7-9-22-2)16(20)14-5-4-13(18)10-15(14)23-3/h4-5,10,12,21H,6-9,11H2,1-3H3/t12-,17-/m0/s1. The van der Waals surface area contributed by atoms with Crippen LogP contribution in [-0.4, -0.2) is 55.4 Å². The van der Waals surface area contributed by atoms with E-state index in [4.69, 9.17) is 21.1 Å². The predicted molar refractivity (Wildman–Crippen MR) is 89.1 cm³/mol. The number of aliphatic hydroxyl groups is 1. The summed E-state index contributed by atoms with van der Waals surface area (Å²) < 4.78 is 10.3. The van der Waals surface area contributed by atoms with Crippen LogP contribution in [0.1, 0.15) is 30.1 Å². The lowest BCUT2D eigenvalue weighted by atomic mass is 9.79. The Hall–Kier alpha value is -1.30. The zero-order chi connectivity index (χ0) is 17.0. The predicted octanol–water partition coefficient (Wildman–Crippen LogP) is 2.60. The van der Waals surface area contributed by atoms with Gasteiger partial charge in [-0.15, -0.1) is 0 Å². The van der Waals surface area contributed by atoms with Crippen LogP contribution in [-0.2, 0) is 4.74 Å². The molecule has 0 aromatic heterocycles. The first-order valence-electron chi connectivity index (χ1n) is 7.75. The highest BCUT2D eigenvalue weighted by molar-refractivity contribution is 6.30. The molecule has 1 aliphatic heterocycles. The Morgan fingerprint density at radius 2 is 2.22 bits per heavy atom. The number of methoxy groups -OCH3 is 2. The number of benzene rings is 1.